The maximum Gasteiger partial charge on any atom is 0.232 e. The van der Waals surface area contributed by atoms with Gasteiger partial charge >= 0.3 is 0 Å². The summed E-state index contributed by atoms with van der Waals surface area (Å²) in [5.41, 5.74) is 3.15. The van der Waals surface area contributed by atoms with E-state index in [1.165, 1.54) is 25.7 Å². The van der Waals surface area contributed by atoms with E-state index in [2.05, 4.69) is 34.0 Å². The van der Waals surface area contributed by atoms with E-state index in [9.17, 15) is 5.11 Å². The minimum Gasteiger partial charge on any atom is -0.389 e. The zero-order valence-electron chi connectivity index (χ0n) is 19.0. The molecule has 0 bridgehead atoms. The minimum atomic E-state index is -0.488. The first-order valence-corrected chi connectivity index (χ1v) is 11.9. The summed E-state index contributed by atoms with van der Waals surface area (Å²) in [6.07, 6.45) is 4.44. The van der Waals surface area contributed by atoms with Crippen LogP contribution in [0.3, 0.4) is 0 Å². The molecule has 31 heavy (non-hydrogen) atoms. The smallest absolute Gasteiger partial charge is 0.232 e. The molecular formula is C25H37N3O3. The first-order valence-electron chi connectivity index (χ1n) is 11.9. The fraction of sp³-hybridized carbons (Fsp3) is 0.640. The quantitative estimate of drug-likeness (QED) is 0.580. The van der Waals surface area contributed by atoms with Crippen LogP contribution in [-0.2, 0) is 11.3 Å². The van der Waals surface area contributed by atoms with Gasteiger partial charge in [0.05, 0.1) is 18.3 Å². The number of rotatable bonds is 11. The van der Waals surface area contributed by atoms with Crippen LogP contribution in [-0.4, -0.2) is 60.7 Å². The molecule has 0 radical (unpaired) electrons. The van der Waals surface area contributed by atoms with Crippen molar-refractivity contribution in [2.45, 2.75) is 52.2 Å². The molecule has 170 valence electrons. The summed E-state index contributed by atoms with van der Waals surface area (Å²) >= 11 is 0. The number of nitrogens with zero attached hydrogens (tertiary/aromatic N) is 3. The predicted molar refractivity (Wildman–Crippen MR) is 123 cm³/mol. The Balaban J connectivity index is 1.59. The zero-order chi connectivity index (χ0) is 21.6. The van der Waals surface area contributed by atoms with Gasteiger partial charge in [-0.05, 0) is 44.4 Å². The van der Waals surface area contributed by atoms with E-state index in [-0.39, 0.29) is 0 Å². The highest BCUT2D eigenvalue weighted by Crippen LogP contribution is 2.36. The summed E-state index contributed by atoms with van der Waals surface area (Å²) in [5.74, 6) is 2.40. The molecule has 6 nitrogen and oxygen atoms in total. The van der Waals surface area contributed by atoms with Gasteiger partial charge in [0.2, 0.25) is 5.88 Å². The molecule has 2 heterocycles. The Labute approximate surface area is 186 Å². The Kier molecular flexibility index (Phi) is 7.64. The molecule has 1 saturated heterocycles. The van der Waals surface area contributed by atoms with Crippen LogP contribution in [0, 0.1) is 11.8 Å². The third-order valence-corrected chi connectivity index (χ3v) is 6.46. The van der Waals surface area contributed by atoms with Gasteiger partial charge in [0.25, 0.3) is 0 Å². The molecule has 1 atom stereocenters. The molecule has 1 aliphatic carbocycles. The fourth-order valence-electron chi connectivity index (χ4n) is 4.42. The van der Waals surface area contributed by atoms with Gasteiger partial charge in [-0.25, -0.2) is 0 Å². The Bertz CT molecular complexity index is 798. The second kappa shape index (κ2) is 10.6. The van der Waals surface area contributed by atoms with Crippen molar-refractivity contribution in [3.8, 4) is 11.3 Å². The van der Waals surface area contributed by atoms with E-state index in [0.29, 0.717) is 19.8 Å². The van der Waals surface area contributed by atoms with Crippen molar-refractivity contribution in [1.29, 1.82) is 0 Å². The maximum atomic E-state index is 10.5. The van der Waals surface area contributed by atoms with E-state index < -0.39 is 6.10 Å². The molecule has 0 spiro atoms. The van der Waals surface area contributed by atoms with Crippen LogP contribution in [0.15, 0.2) is 34.9 Å². The predicted octanol–water partition coefficient (Wildman–Crippen LogP) is 4.19. The molecule has 1 unspecified atom stereocenters. The van der Waals surface area contributed by atoms with Crippen LogP contribution >= 0.6 is 0 Å². The van der Waals surface area contributed by atoms with Gasteiger partial charge < -0.3 is 19.3 Å². The molecule has 1 saturated carbocycles. The number of aromatic nitrogens is 1. The first kappa shape index (κ1) is 22.3. The van der Waals surface area contributed by atoms with Crippen LogP contribution < -0.4 is 4.90 Å². The van der Waals surface area contributed by atoms with Gasteiger partial charge in [0.1, 0.15) is 5.69 Å². The highest BCUT2D eigenvalue weighted by atomic mass is 16.5. The van der Waals surface area contributed by atoms with Crippen molar-refractivity contribution in [1.82, 2.24) is 10.1 Å². The topological polar surface area (TPSA) is 62.0 Å². The summed E-state index contributed by atoms with van der Waals surface area (Å²) in [7, 11) is 0. The molecule has 6 heteroatoms. The van der Waals surface area contributed by atoms with Crippen LogP contribution in [0.25, 0.3) is 11.3 Å². The van der Waals surface area contributed by atoms with Crippen LogP contribution in [0.1, 0.15) is 45.1 Å². The van der Waals surface area contributed by atoms with Gasteiger partial charge in [-0.3, -0.25) is 4.90 Å². The number of anilines is 1. The molecule has 1 aromatic heterocycles. The summed E-state index contributed by atoms with van der Waals surface area (Å²) in [5, 5.41) is 15.1. The molecule has 2 aromatic rings. The Morgan fingerprint density at radius 3 is 2.61 bits per heavy atom. The SMILES string of the molecule is CCOCC(O)CN(Cc1c(-c2ccccc2)noc1N1CCC(C)CC1)CC1CC1. The van der Waals surface area contributed by atoms with E-state index >= 15 is 0 Å². The number of hydrogen-bond acceptors (Lipinski definition) is 6. The Hall–Kier alpha value is -1.89. The largest absolute Gasteiger partial charge is 0.389 e. The van der Waals surface area contributed by atoms with Crippen LogP contribution in [0.4, 0.5) is 5.88 Å². The summed E-state index contributed by atoms with van der Waals surface area (Å²) in [4.78, 5) is 4.73. The van der Waals surface area contributed by atoms with Crippen molar-refractivity contribution < 1.29 is 14.4 Å². The van der Waals surface area contributed by atoms with Gasteiger partial charge in [-0.1, -0.05) is 42.4 Å². The van der Waals surface area contributed by atoms with Crippen molar-refractivity contribution >= 4 is 5.88 Å². The lowest BCUT2D eigenvalue weighted by Crippen LogP contribution is -2.37. The maximum absolute atomic E-state index is 10.5. The lowest BCUT2D eigenvalue weighted by molar-refractivity contribution is 0.0187. The standard InChI is InChI=1S/C25H37N3O3/c1-3-30-18-22(29)16-27(15-20-9-10-20)17-23-24(21-7-5-4-6-8-21)26-31-25(23)28-13-11-19(2)12-14-28/h4-8,19-20,22,29H,3,9-18H2,1-2H3. The molecule has 4 rings (SSSR count). The van der Waals surface area contributed by atoms with E-state index in [0.717, 1.165) is 60.7 Å². The third kappa shape index (κ3) is 6.09. The lowest BCUT2D eigenvalue weighted by Gasteiger charge is -2.31. The average Bonchev–Trinajstić information content (AvgIpc) is 3.50. The number of ether oxygens (including phenoxy) is 1. The highest BCUT2D eigenvalue weighted by molar-refractivity contribution is 5.68. The summed E-state index contributed by atoms with van der Waals surface area (Å²) in [6.45, 7) is 9.64. The van der Waals surface area contributed by atoms with Crippen LogP contribution in [0.5, 0.6) is 0 Å². The van der Waals surface area contributed by atoms with Crippen molar-refractivity contribution in [2.24, 2.45) is 11.8 Å². The van der Waals surface area contributed by atoms with Crippen molar-refractivity contribution in [3.05, 3.63) is 35.9 Å². The highest BCUT2D eigenvalue weighted by Gasteiger charge is 2.30. The molecule has 1 N–H and O–H groups in total. The number of aliphatic hydroxyl groups is 1. The summed E-state index contributed by atoms with van der Waals surface area (Å²) in [6, 6.07) is 10.3. The molecule has 1 aliphatic heterocycles. The molecule has 2 fully saturated rings. The minimum absolute atomic E-state index is 0.379. The number of aliphatic hydroxyl groups excluding tert-OH is 1. The lowest BCUT2D eigenvalue weighted by atomic mass is 9.98. The van der Waals surface area contributed by atoms with Crippen molar-refractivity contribution in [2.75, 3.05) is 44.3 Å². The molecule has 0 amide bonds. The first-order chi connectivity index (χ1) is 15.1. The van der Waals surface area contributed by atoms with Gasteiger partial charge in [0, 0.05) is 44.9 Å². The van der Waals surface area contributed by atoms with Gasteiger partial charge in [-0.2, -0.15) is 0 Å². The monoisotopic (exact) mass is 427 g/mol. The number of piperidine rings is 1. The molecular weight excluding hydrogens is 390 g/mol. The van der Waals surface area contributed by atoms with Gasteiger partial charge in [-0.15, -0.1) is 0 Å². The molecule has 2 aliphatic rings. The molecule has 1 aromatic carbocycles. The van der Waals surface area contributed by atoms with E-state index in [1.807, 2.05) is 25.1 Å². The van der Waals surface area contributed by atoms with E-state index in [4.69, 9.17) is 9.26 Å². The summed E-state index contributed by atoms with van der Waals surface area (Å²) < 4.78 is 11.4. The van der Waals surface area contributed by atoms with Crippen molar-refractivity contribution in [3.63, 3.8) is 0 Å². The Morgan fingerprint density at radius 1 is 1.19 bits per heavy atom. The number of benzene rings is 1. The second-order valence-corrected chi connectivity index (χ2v) is 9.30. The van der Waals surface area contributed by atoms with Crippen LogP contribution in [0.2, 0.25) is 0 Å². The van der Waals surface area contributed by atoms with Gasteiger partial charge in [0.15, 0.2) is 0 Å². The zero-order valence-corrected chi connectivity index (χ0v) is 19.0. The second-order valence-electron chi connectivity index (χ2n) is 9.30. The Morgan fingerprint density at radius 2 is 1.94 bits per heavy atom. The average molecular weight is 428 g/mol. The van der Waals surface area contributed by atoms with E-state index in [1.54, 1.807) is 0 Å². The normalized spacial score (nSPS) is 18.6. The fourth-order valence-corrected chi connectivity index (χ4v) is 4.42. The third-order valence-electron chi connectivity index (χ3n) is 6.46. The number of hydrogen-bond donors (Lipinski definition) is 1.